The highest BCUT2D eigenvalue weighted by molar-refractivity contribution is 9.10. The van der Waals surface area contributed by atoms with Crippen LogP contribution >= 0.6 is 27.3 Å². The number of hydrogen-bond acceptors (Lipinski definition) is 9. The van der Waals surface area contributed by atoms with E-state index in [0.29, 0.717) is 67.8 Å². The summed E-state index contributed by atoms with van der Waals surface area (Å²) in [4.78, 5) is 31.9. The Morgan fingerprint density at radius 2 is 1.71 bits per heavy atom. The molecule has 1 aromatic heterocycles. The zero-order chi connectivity index (χ0) is 33.8. The van der Waals surface area contributed by atoms with Crippen LogP contribution in [-0.2, 0) is 16.1 Å². The lowest BCUT2D eigenvalue weighted by Gasteiger charge is -2.23. The molecule has 0 N–H and O–H groups in total. The predicted octanol–water partition coefficient (Wildman–Crippen LogP) is 6.32. The van der Waals surface area contributed by atoms with Crippen LogP contribution in [0.4, 0.5) is 0 Å². The Labute approximate surface area is 289 Å². The van der Waals surface area contributed by atoms with Crippen molar-refractivity contribution in [2.45, 2.75) is 26.5 Å². The number of rotatable bonds is 11. The summed E-state index contributed by atoms with van der Waals surface area (Å²) < 4.78 is 31.3. The second-order valence-electron chi connectivity index (χ2n) is 10.7. The summed E-state index contributed by atoms with van der Waals surface area (Å²) in [5.74, 6) is 1.56. The fraction of sp³-hybridized carbons (Fsp3) is 0.216. The Kier molecular flexibility index (Phi) is 9.98. The molecule has 0 saturated heterocycles. The monoisotopic (exact) mass is 728 g/mol. The first-order chi connectivity index (χ1) is 23.4. The molecule has 5 aromatic rings. The molecule has 0 spiro atoms. The third-order valence-electron chi connectivity index (χ3n) is 7.81. The average Bonchev–Trinajstić information content (AvgIpc) is 3.42. The van der Waals surface area contributed by atoms with E-state index in [-0.39, 0.29) is 11.1 Å². The van der Waals surface area contributed by atoms with Crippen LogP contribution in [0.5, 0.6) is 23.0 Å². The zero-order valence-corrected chi connectivity index (χ0v) is 29.2. The van der Waals surface area contributed by atoms with Crippen LogP contribution in [0.3, 0.4) is 0 Å². The van der Waals surface area contributed by atoms with E-state index in [4.69, 9.17) is 23.7 Å². The zero-order valence-electron chi connectivity index (χ0n) is 26.8. The summed E-state index contributed by atoms with van der Waals surface area (Å²) in [7, 11) is 2.88. The van der Waals surface area contributed by atoms with E-state index in [2.05, 4.69) is 39.1 Å². The Morgan fingerprint density at radius 1 is 0.938 bits per heavy atom. The summed E-state index contributed by atoms with van der Waals surface area (Å²) in [6.45, 7) is 4.98. The van der Waals surface area contributed by atoms with E-state index in [1.54, 1.807) is 25.3 Å². The fourth-order valence-corrected chi connectivity index (χ4v) is 7.21. The molecular weight excluding hydrogens is 696 g/mol. The van der Waals surface area contributed by atoms with Crippen molar-refractivity contribution in [2.75, 3.05) is 27.4 Å². The van der Waals surface area contributed by atoms with Gasteiger partial charge in [-0.05, 0) is 87.6 Å². The molecule has 2 heterocycles. The lowest BCUT2D eigenvalue weighted by atomic mass is 9.97. The first-order valence-corrected chi connectivity index (χ1v) is 16.9. The largest absolute Gasteiger partial charge is 0.493 e. The van der Waals surface area contributed by atoms with E-state index in [9.17, 15) is 9.59 Å². The van der Waals surface area contributed by atoms with Gasteiger partial charge in [-0.3, -0.25) is 9.36 Å². The average molecular weight is 730 g/mol. The Morgan fingerprint density at radius 3 is 2.48 bits per heavy atom. The van der Waals surface area contributed by atoms with Gasteiger partial charge in [0.15, 0.2) is 27.8 Å². The van der Waals surface area contributed by atoms with Crippen LogP contribution in [0.15, 0.2) is 98.8 Å². The highest BCUT2D eigenvalue weighted by Gasteiger charge is 2.31. The molecule has 9 nitrogen and oxygen atoms in total. The van der Waals surface area contributed by atoms with E-state index in [1.807, 2.05) is 56.3 Å². The number of thiazole rings is 1. The third kappa shape index (κ3) is 6.48. The summed E-state index contributed by atoms with van der Waals surface area (Å²) in [6, 6.07) is 22.6. The summed E-state index contributed by atoms with van der Waals surface area (Å²) in [5.41, 5.74) is 2.33. The summed E-state index contributed by atoms with van der Waals surface area (Å²) >= 11 is 4.88. The van der Waals surface area contributed by atoms with Gasteiger partial charge in [0, 0.05) is 6.20 Å². The van der Waals surface area contributed by atoms with Crippen LogP contribution in [0, 0.1) is 0 Å². The summed E-state index contributed by atoms with van der Waals surface area (Å²) in [5, 5.41) is 2.26. The van der Waals surface area contributed by atoms with Gasteiger partial charge in [0.25, 0.3) is 5.56 Å². The lowest BCUT2D eigenvalue weighted by Crippen LogP contribution is -2.39. The fourth-order valence-electron chi connectivity index (χ4n) is 5.67. The van der Waals surface area contributed by atoms with Gasteiger partial charge in [-0.15, -0.1) is 0 Å². The molecule has 11 heteroatoms. The number of aromatic nitrogens is 1. The van der Waals surface area contributed by atoms with Crippen molar-refractivity contribution < 1.29 is 28.5 Å². The number of ether oxygens (including phenoxy) is 5. The molecule has 1 atom stereocenters. The van der Waals surface area contributed by atoms with Crippen molar-refractivity contribution in [3.63, 3.8) is 0 Å². The number of nitrogens with zero attached hydrogens (tertiary/aromatic N) is 2. The highest BCUT2D eigenvalue weighted by Crippen LogP contribution is 2.38. The number of esters is 1. The van der Waals surface area contributed by atoms with Crippen LogP contribution in [0.1, 0.15) is 36.6 Å². The van der Waals surface area contributed by atoms with Crippen molar-refractivity contribution >= 4 is 50.1 Å². The smallest absolute Gasteiger partial charge is 0.337 e. The van der Waals surface area contributed by atoms with E-state index >= 15 is 0 Å². The van der Waals surface area contributed by atoms with Gasteiger partial charge in [-0.25, -0.2) is 9.79 Å². The Bertz CT molecular complexity index is 2220. The minimum atomic E-state index is -0.795. The van der Waals surface area contributed by atoms with E-state index in [0.717, 1.165) is 16.3 Å². The molecule has 4 aromatic carbocycles. The van der Waals surface area contributed by atoms with Gasteiger partial charge in [-0.1, -0.05) is 59.9 Å². The second kappa shape index (κ2) is 14.5. The number of halogens is 1. The SMILES string of the molecule is CCOc1ccc([C@@H]2C(C(=O)OC)=CN=c3s/c(=C/c4cc(Br)c(OCc5cccc6ccccc56)c(OC)c4)c(=O)n32)cc1OCC. The number of benzene rings is 4. The number of fused-ring (bicyclic) bond motifs is 2. The number of carbonyl (C=O) groups is 1. The molecule has 0 aliphatic carbocycles. The van der Waals surface area contributed by atoms with Crippen LogP contribution in [0.2, 0.25) is 0 Å². The molecule has 246 valence electrons. The molecule has 6 rings (SSSR count). The van der Waals surface area contributed by atoms with Gasteiger partial charge in [0.05, 0.1) is 48.1 Å². The van der Waals surface area contributed by atoms with E-state index < -0.39 is 12.0 Å². The van der Waals surface area contributed by atoms with Crippen molar-refractivity contribution in [3.05, 3.63) is 125 Å². The van der Waals surface area contributed by atoms with Gasteiger partial charge in [-0.2, -0.15) is 0 Å². The third-order valence-corrected chi connectivity index (χ3v) is 9.40. The standard InChI is InChI=1S/C37H33BrN2O7S/c1-5-45-29-15-14-24(19-30(29)46-6-2)33-27(36(42)44-4)20-39-37-40(33)35(41)32(48-37)18-22-16-28(38)34(31(17-22)43-3)47-21-25-12-9-11-23-10-7-8-13-26(23)25/h7-20,33H,5-6,21H2,1-4H3/b32-18+/t33-/m1/s1. The number of methoxy groups -OCH3 is 2. The van der Waals surface area contributed by atoms with Crippen LogP contribution < -0.4 is 33.8 Å². The lowest BCUT2D eigenvalue weighted by molar-refractivity contribution is -0.136. The maximum atomic E-state index is 14.1. The van der Waals surface area contributed by atoms with Gasteiger partial charge in [0.1, 0.15) is 6.61 Å². The molecular formula is C37H33BrN2O7S. The molecule has 1 aliphatic heterocycles. The maximum absolute atomic E-state index is 14.1. The van der Waals surface area contributed by atoms with E-state index in [1.165, 1.54) is 29.2 Å². The number of carbonyl (C=O) groups excluding carboxylic acids is 1. The quantitative estimate of drug-likeness (QED) is 0.147. The topological polar surface area (TPSA) is 97.6 Å². The molecule has 0 radical (unpaired) electrons. The van der Waals surface area contributed by atoms with Gasteiger partial charge >= 0.3 is 5.97 Å². The normalized spacial score (nSPS) is 14.1. The van der Waals surface area contributed by atoms with Gasteiger partial charge in [0.2, 0.25) is 0 Å². The molecule has 0 amide bonds. The summed E-state index contributed by atoms with van der Waals surface area (Å²) in [6.07, 6.45) is 3.23. The van der Waals surface area contributed by atoms with Crippen molar-refractivity contribution in [1.82, 2.24) is 4.57 Å². The first kappa shape index (κ1) is 33.0. The van der Waals surface area contributed by atoms with Gasteiger partial charge < -0.3 is 23.7 Å². The predicted molar refractivity (Wildman–Crippen MR) is 189 cm³/mol. The Hall–Kier alpha value is -4.87. The van der Waals surface area contributed by atoms with Crippen molar-refractivity contribution in [2.24, 2.45) is 4.99 Å². The second-order valence-corrected chi connectivity index (χ2v) is 12.6. The highest BCUT2D eigenvalue weighted by atomic mass is 79.9. The maximum Gasteiger partial charge on any atom is 0.337 e. The molecule has 48 heavy (non-hydrogen) atoms. The Balaban J connectivity index is 1.38. The minimum Gasteiger partial charge on any atom is -0.493 e. The van der Waals surface area contributed by atoms with Crippen LogP contribution in [0.25, 0.3) is 16.8 Å². The number of hydrogen-bond donors (Lipinski definition) is 0. The molecule has 0 fully saturated rings. The van der Waals surface area contributed by atoms with Crippen molar-refractivity contribution in [1.29, 1.82) is 0 Å². The molecule has 0 saturated carbocycles. The minimum absolute atomic E-state index is 0.222. The van der Waals surface area contributed by atoms with Crippen LogP contribution in [-0.4, -0.2) is 38.0 Å². The molecule has 0 unspecified atom stereocenters. The first-order valence-electron chi connectivity index (χ1n) is 15.3. The van der Waals surface area contributed by atoms with Crippen molar-refractivity contribution in [3.8, 4) is 23.0 Å². The molecule has 1 aliphatic rings. The molecule has 0 bridgehead atoms.